The maximum absolute atomic E-state index is 15.2. The first-order chi connectivity index (χ1) is 35.8. The molecule has 430 valence electrons. The summed E-state index contributed by atoms with van der Waals surface area (Å²) in [7, 11) is 2.47. The molecule has 4 saturated carbocycles. The van der Waals surface area contributed by atoms with Crippen molar-refractivity contribution in [3.63, 3.8) is 0 Å². The Hall–Kier alpha value is -4.99. The summed E-state index contributed by atoms with van der Waals surface area (Å²) in [6, 6.07) is 0. The number of hydrogen-bond acceptors (Lipinski definition) is 21. The smallest absolute Gasteiger partial charge is 0.339 e. The van der Waals surface area contributed by atoms with E-state index in [2.05, 4.69) is 41.5 Å². The summed E-state index contributed by atoms with van der Waals surface area (Å²) in [5, 5.41) is 0. The fourth-order valence-corrected chi connectivity index (χ4v) is 15.5. The van der Waals surface area contributed by atoms with Crippen molar-refractivity contribution in [2.45, 2.75) is 215 Å². The minimum Gasteiger partial charge on any atom is -0.469 e. The summed E-state index contributed by atoms with van der Waals surface area (Å²) in [6.45, 7) is 21.2. The van der Waals surface area contributed by atoms with Crippen molar-refractivity contribution < 1.29 is 100.0 Å². The molecule has 21 heteroatoms. The zero-order valence-electron chi connectivity index (χ0n) is 47.3. The molecular weight excluding hydrogens is 1010 g/mol. The molecule has 0 aromatic rings. The normalized spacial score (nSPS) is 41.9. The van der Waals surface area contributed by atoms with Gasteiger partial charge in [0.1, 0.15) is 6.10 Å². The van der Waals surface area contributed by atoms with Gasteiger partial charge in [0.05, 0.1) is 32.3 Å². The second kappa shape index (κ2) is 21.9. The number of fused-ring (bicyclic) bond motifs is 7. The molecule has 2 aliphatic heterocycles. The van der Waals surface area contributed by atoms with Gasteiger partial charge < -0.3 is 56.8 Å². The van der Waals surface area contributed by atoms with E-state index in [-0.39, 0.29) is 40.3 Å². The number of ketones is 1. The number of ether oxygens (including phenoxy) is 12. The zero-order valence-corrected chi connectivity index (χ0v) is 47.3. The van der Waals surface area contributed by atoms with E-state index in [0.29, 0.717) is 19.3 Å². The lowest BCUT2D eigenvalue weighted by molar-refractivity contribution is -0.345. The Balaban J connectivity index is 1.21. The molecule has 0 aromatic heterocycles. The first-order valence-corrected chi connectivity index (χ1v) is 26.8. The van der Waals surface area contributed by atoms with Crippen molar-refractivity contribution >= 4 is 53.5 Å². The number of carbonyl (C=O) groups excluding carboxylic acids is 9. The van der Waals surface area contributed by atoms with Gasteiger partial charge in [0.15, 0.2) is 61.1 Å². The van der Waals surface area contributed by atoms with E-state index in [1.807, 2.05) is 13.0 Å². The number of allylic oxidation sites excluding steroid dienone is 2. The van der Waals surface area contributed by atoms with Gasteiger partial charge in [-0.2, -0.15) is 0 Å². The second-order valence-electron chi connectivity index (χ2n) is 24.5. The third kappa shape index (κ3) is 10.9. The molecule has 0 amide bonds. The van der Waals surface area contributed by atoms with Gasteiger partial charge in [0.25, 0.3) is 0 Å². The quantitative estimate of drug-likeness (QED) is 0.121. The van der Waals surface area contributed by atoms with E-state index in [9.17, 15) is 38.4 Å². The fraction of sp³-hybridized carbons (Fsp3) is 0.804. The van der Waals surface area contributed by atoms with Gasteiger partial charge in [-0.1, -0.05) is 47.1 Å². The van der Waals surface area contributed by atoms with Crippen LogP contribution in [0, 0.1) is 50.2 Å². The van der Waals surface area contributed by atoms with E-state index in [1.54, 1.807) is 0 Å². The predicted molar refractivity (Wildman–Crippen MR) is 265 cm³/mol. The summed E-state index contributed by atoms with van der Waals surface area (Å²) in [5.41, 5.74) is -1.48. The highest BCUT2D eigenvalue weighted by atomic mass is 16.8. The molecule has 5 aliphatic carbocycles. The molecule has 0 bridgehead atoms. The van der Waals surface area contributed by atoms with Gasteiger partial charge >= 0.3 is 47.8 Å². The molecule has 77 heavy (non-hydrogen) atoms. The molecule has 0 unspecified atom stereocenters. The zero-order chi connectivity index (χ0) is 57.1. The maximum atomic E-state index is 15.2. The Kier molecular flexibility index (Phi) is 17.0. The van der Waals surface area contributed by atoms with Crippen molar-refractivity contribution in [3.8, 4) is 0 Å². The molecule has 0 N–H and O–H groups in total. The lowest BCUT2D eigenvalue weighted by Gasteiger charge is -2.70. The number of rotatable bonds is 13. The Bertz CT molecular complexity index is 2400. The molecule has 2 saturated heterocycles. The minimum absolute atomic E-state index is 0.0395. The summed E-state index contributed by atoms with van der Waals surface area (Å²) in [6.07, 6.45) is -8.46. The largest absolute Gasteiger partial charge is 0.469 e. The van der Waals surface area contributed by atoms with Crippen LogP contribution < -0.4 is 0 Å². The van der Waals surface area contributed by atoms with Gasteiger partial charge in [-0.15, -0.1) is 0 Å². The highest BCUT2D eigenvalue weighted by Gasteiger charge is 2.71. The topological polar surface area (TPSA) is 264 Å². The summed E-state index contributed by atoms with van der Waals surface area (Å²) in [5.74, 6) is -6.83. The first-order valence-electron chi connectivity index (χ1n) is 26.8. The molecule has 7 rings (SSSR count). The Morgan fingerprint density at radius 3 is 1.66 bits per heavy atom. The van der Waals surface area contributed by atoms with Crippen LogP contribution in [0.3, 0.4) is 0 Å². The number of esters is 8. The van der Waals surface area contributed by atoms with Crippen LogP contribution in [0.4, 0.5) is 0 Å². The average Bonchev–Trinajstić information content (AvgIpc) is 3.34. The highest BCUT2D eigenvalue weighted by molar-refractivity contribution is 5.96. The van der Waals surface area contributed by atoms with Crippen LogP contribution in [-0.4, -0.2) is 142 Å². The monoisotopic (exact) mass is 1090 g/mol. The van der Waals surface area contributed by atoms with E-state index in [0.717, 1.165) is 92.8 Å². The van der Waals surface area contributed by atoms with Crippen LogP contribution in [0.15, 0.2) is 11.6 Å². The summed E-state index contributed by atoms with van der Waals surface area (Å²) in [4.78, 5) is 118. The molecule has 21 nitrogen and oxygen atoms in total. The van der Waals surface area contributed by atoms with Crippen LogP contribution in [0.1, 0.15) is 148 Å². The van der Waals surface area contributed by atoms with E-state index in [1.165, 1.54) is 7.11 Å². The average molecular weight is 1090 g/mol. The second-order valence-corrected chi connectivity index (χ2v) is 24.5. The summed E-state index contributed by atoms with van der Waals surface area (Å²) < 4.78 is 70.0. The van der Waals surface area contributed by atoms with Gasteiger partial charge in [-0.3, -0.25) is 38.4 Å². The van der Waals surface area contributed by atoms with Crippen LogP contribution in [0.2, 0.25) is 0 Å². The van der Waals surface area contributed by atoms with E-state index < -0.39 is 138 Å². The standard InChI is InChI=1S/C56H80O21/c1-27(57)69-39-36(26-68-48-44(73-31(5)61)42(72-30(4)60)41(71-29(3)59)43(77-48)47(64)66-14)75-49(45(74-32(6)62)40(39)70-28(2)58)76-38-17-18-54(11)37(51(38,7)8)16-19-56(13)46(54)35(63)24-33-34-25-53(10,50(65)67-15)21-20-52(34,9)22-23-55(33,56)12/h24,34,36-46,48-49H,16-23,25-26H2,1-15H3/t34-,36-,37+,38+,39-,40+,41+,42+,43+,44-,45-,46-,48-,49+,52-,53+,54+,55-,56-/m1/s1. The Labute approximate surface area is 450 Å². The maximum Gasteiger partial charge on any atom is 0.339 e. The molecule has 0 radical (unpaired) electrons. The van der Waals surface area contributed by atoms with Crippen LogP contribution in [-0.2, 0) is 100.0 Å². The number of hydrogen-bond donors (Lipinski definition) is 0. The molecule has 2 heterocycles. The van der Waals surface area contributed by atoms with Crippen LogP contribution >= 0.6 is 0 Å². The third-order valence-electron chi connectivity index (χ3n) is 19.2. The first kappa shape index (κ1) is 59.7. The van der Waals surface area contributed by atoms with Crippen molar-refractivity contribution in [1.82, 2.24) is 0 Å². The Morgan fingerprint density at radius 2 is 1.10 bits per heavy atom. The van der Waals surface area contributed by atoms with Gasteiger partial charge in [0.2, 0.25) is 0 Å². The predicted octanol–water partition coefficient (Wildman–Crippen LogP) is 5.75. The van der Waals surface area contributed by atoms with E-state index >= 15 is 4.79 Å². The molecule has 0 aromatic carbocycles. The van der Waals surface area contributed by atoms with Crippen molar-refractivity contribution in [2.24, 2.45) is 50.2 Å². The minimum atomic E-state index is -1.80. The molecular formula is C56H80O21. The SMILES string of the molecule is COC(=O)[C@H]1O[C@@H](OC[C@H]2O[C@@H](O[C@H]3CC[C@]4(C)[C@H]5C(=O)C=C6[C@H]7C[C@@](C)(C(=O)OC)CC[C@]7(C)CC[C@@]6(C)[C@]5(C)CC[C@H]4C3(C)C)[C@H](OC(C)=O)[C@@H](OC(C)=O)[C@@H]2OC(C)=O)[C@H](OC(C)=O)[C@@H](OC(C)=O)[C@@H]1OC(C)=O. The summed E-state index contributed by atoms with van der Waals surface area (Å²) >= 11 is 0. The van der Waals surface area contributed by atoms with Crippen molar-refractivity contribution in [2.75, 3.05) is 20.8 Å². The van der Waals surface area contributed by atoms with Gasteiger partial charge in [0, 0.05) is 47.5 Å². The molecule has 7 aliphatic rings. The molecule has 6 fully saturated rings. The van der Waals surface area contributed by atoms with Crippen molar-refractivity contribution in [3.05, 3.63) is 11.6 Å². The fourth-order valence-electron chi connectivity index (χ4n) is 15.5. The number of methoxy groups -OCH3 is 2. The van der Waals surface area contributed by atoms with Gasteiger partial charge in [-0.05, 0) is 110 Å². The Morgan fingerprint density at radius 1 is 0.584 bits per heavy atom. The lowest BCUT2D eigenvalue weighted by Crippen LogP contribution is -2.68. The lowest BCUT2D eigenvalue weighted by atomic mass is 9.33. The van der Waals surface area contributed by atoms with Crippen LogP contribution in [0.25, 0.3) is 0 Å². The van der Waals surface area contributed by atoms with Gasteiger partial charge in [-0.25, -0.2) is 4.79 Å². The molecule has 0 spiro atoms. The van der Waals surface area contributed by atoms with E-state index in [4.69, 9.17) is 56.8 Å². The molecule has 19 atom stereocenters. The third-order valence-corrected chi connectivity index (χ3v) is 19.2. The van der Waals surface area contributed by atoms with Crippen molar-refractivity contribution in [1.29, 1.82) is 0 Å². The van der Waals surface area contributed by atoms with Crippen LogP contribution in [0.5, 0.6) is 0 Å². The highest BCUT2D eigenvalue weighted by Crippen LogP contribution is 2.75. The number of carbonyl (C=O) groups is 9.